The fourth-order valence-corrected chi connectivity index (χ4v) is 0.372. The maximum Gasteiger partial charge on any atom is 1.00 e. The Hall–Kier alpha value is 0.0948. The summed E-state index contributed by atoms with van der Waals surface area (Å²) in [4.78, 5) is 20.0. The van der Waals surface area contributed by atoms with Crippen LogP contribution in [0.15, 0.2) is 0 Å². The van der Waals surface area contributed by atoms with Crippen LogP contribution >= 0.6 is 0 Å². The Labute approximate surface area is 96.8 Å². The van der Waals surface area contributed by atoms with Crippen molar-refractivity contribution >= 4 is 12.1 Å². The minimum Gasteiger partial charge on any atom is -1.00 e. The van der Waals surface area contributed by atoms with Crippen LogP contribution in [-0.2, 0) is 9.53 Å². The van der Waals surface area contributed by atoms with Gasteiger partial charge in [-0.2, -0.15) is 0 Å². The van der Waals surface area contributed by atoms with Crippen LogP contribution in [0.1, 0.15) is 15.7 Å². The third-order valence-corrected chi connectivity index (χ3v) is 0.740. The number of carbonyl (C=O) groups excluding carboxylic acids is 1. The van der Waals surface area contributed by atoms with Gasteiger partial charge in [0.2, 0.25) is 0 Å². The van der Waals surface area contributed by atoms with Crippen molar-refractivity contribution < 1.29 is 65.1 Å². The Balaban J connectivity index is -0.0000000675. The van der Waals surface area contributed by atoms with Gasteiger partial charge in [0, 0.05) is 13.0 Å². The summed E-state index contributed by atoms with van der Waals surface area (Å²) in [5.74, 6) is -0.832. The van der Waals surface area contributed by atoms with Crippen molar-refractivity contribution in [1.29, 1.82) is 0 Å². The van der Waals surface area contributed by atoms with Crippen LogP contribution in [-0.4, -0.2) is 28.9 Å². The van der Waals surface area contributed by atoms with Gasteiger partial charge in [0.25, 0.3) is 0 Å². The zero-order valence-corrected chi connectivity index (χ0v) is 7.24. The second-order valence-electron chi connectivity index (χ2n) is 1.57. The number of carbonyl (C=O) groups is 2. The van der Waals surface area contributed by atoms with Gasteiger partial charge >= 0.3 is 49.8 Å². The van der Waals surface area contributed by atoms with Crippen molar-refractivity contribution in [1.82, 2.24) is 0 Å². The van der Waals surface area contributed by atoms with Crippen molar-refractivity contribution in [2.45, 2.75) is 12.8 Å². The zero-order chi connectivity index (χ0) is 7.98. The molecule has 0 atom stereocenters. The smallest absolute Gasteiger partial charge is 1.00 e. The Morgan fingerprint density at radius 3 is 2.17 bits per heavy atom. The molecular weight excluding hydrogens is 154 g/mol. The molecule has 0 fully saturated rings. The van der Waals surface area contributed by atoms with E-state index in [0.717, 1.165) is 0 Å². The van der Waals surface area contributed by atoms with Crippen molar-refractivity contribution in [3.05, 3.63) is 0 Å². The average molecular weight is 164 g/mol. The molecule has 0 heterocycles. The summed E-state index contributed by atoms with van der Waals surface area (Å²) in [6.45, 7) is -0.144. The largest absolute Gasteiger partial charge is 1.00 e. The third kappa shape index (κ3) is 12.7. The van der Waals surface area contributed by atoms with Gasteiger partial charge in [-0.1, -0.05) is 0 Å². The molecule has 0 saturated heterocycles. The van der Waals surface area contributed by atoms with Crippen LogP contribution < -0.4 is 37.7 Å². The number of aliphatic hydroxyl groups is 1. The standard InChI is InChI=1S/C5H8O5.2Li.2H/c6-3-1-2-4(7)10-5(8)9;;;;/h6H,1-3H2,(H,8,9);;;;/q;2*+1;2*-1. The minimum absolute atomic E-state index is 0. The molecule has 7 heteroatoms. The maximum absolute atomic E-state index is 10.3. The molecule has 0 radical (unpaired) electrons. The second-order valence-corrected chi connectivity index (χ2v) is 1.57. The monoisotopic (exact) mass is 164 g/mol. The summed E-state index contributed by atoms with van der Waals surface area (Å²) >= 11 is 0. The van der Waals surface area contributed by atoms with Gasteiger partial charge in [-0.05, 0) is 6.42 Å². The van der Waals surface area contributed by atoms with Gasteiger partial charge < -0.3 is 17.8 Å². The van der Waals surface area contributed by atoms with Crippen LogP contribution in [0.4, 0.5) is 4.79 Å². The third-order valence-electron chi connectivity index (χ3n) is 0.740. The molecule has 0 spiro atoms. The van der Waals surface area contributed by atoms with E-state index in [1.54, 1.807) is 0 Å². The van der Waals surface area contributed by atoms with Gasteiger partial charge in [0.05, 0.1) is 0 Å². The summed E-state index contributed by atoms with van der Waals surface area (Å²) < 4.78 is 3.72. The van der Waals surface area contributed by atoms with E-state index in [0.29, 0.717) is 0 Å². The maximum atomic E-state index is 10.3. The molecule has 0 saturated carbocycles. The van der Waals surface area contributed by atoms with Gasteiger partial charge in [-0.3, -0.25) is 4.79 Å². The van der Waals surface area contributed by atoms with E-state index in [1.807, 2.05) is 0 Å². The molecular formula is C5H10Li2O5. The molecule has 0 bridgehead atoms. The molecule has 0 amide bonds. The van der Waals surface area contributed by atoms with Gasteiger partial charge in [-0.15, -0.1) is 0 Å². The number of carboxylic acid groups (broad SMARTS) is 1. The average Bonchev–Trinajstić information content (AvgIpc) is 1.82. The van der Waals surface area contributed by atoms with E-state index < -0.39 is 12.1 Å². The molecule has 5 nitrogen and oxygen atoms in total. The zero-order valence-electron chi connectivity index (χ0n) is 9.24. The Kier molecular flexibility index (Phi) is 16.6. The first-order valence-electron chi connectivity index (χ1n) is 2.71. The number of rotatable bonds is 3. The predicted octanol–water partition coefficient (Wildman–Crippen LogP) is -5.79. The topological polar surface area (TPSA) is 83.8 Å². The number of hydrogen-bond donors (Lipinski definition) is 2. The number of hydrogen-bond acceptors (Lipinski definition) is 4. The summed E-state index contributed by atoms with van der Waals surface area (Å²) in [5.41, 5.74) is 0. The molecule has 62 valence electrons. The van der Waals surface area contributed by atoms with Gasteiger partial charge in [-0.25, -0.2) is 4.79 Å². The molecule has 0 aromatic rings. The number of esters is 1. The molecule has 0 aliphatic carbocycles. The van der Waals surface area contributed by atoms with E-state index in [2.05, 4.69) is 4.74 Å². The molecule has 0 unspecified atom stereocenters. The van der Waals surface area contributed by atoms with Crippen LogP contribution in [0.2, 0.25) is 0 Å². The SMILES string of the molecule is O=C(O)OC(=O)CCCO.[H-].[H-].[Li+].[Li+]. The van der Waals surface area contributed by atoms with Crippen LogP contribution in [0.3, 0.4) is 0 Å². The van der Waals surface area contributed by atoms with Crippen molar-refractivity contribution in [3.8, 4) is 0 Å². The summed E-state index contributed by atoms with van der Waals surface area (Å²) in [5, 5.41) is 16.1. The first kappa shape index (κ1) is 18.0. The minimum atomic E-state index is -1.61. The molecule has 0 rings (SSSR count). The molecule has 0 aliphatic heterocycles. The fourth-order valence-electron chi connectivity index (χ4n) is 0.372. The van der Waals surface area contributed by atoms with Crippen molar-refractivity contribution in [2.75, 3.05) is 6.61 Å². The molecule has 12 heavy (non-hydrogen) atoms. The molecule has 2 N–H and O–H groups in total. The fraction of sp³-hybridized carbons (Fsp3) is 0.600. The molecule has 0 aromatic heterocycles. The van der Waals surface area contributed by atoms with Crippen LogP contribution in [0.25, 0.3) is 0 Å². The predicted molar refractivity (Wildman–Crippen MR) is 32.7 cm³/mol. The molecule has 0 aromatic carbocycles. The second kappa shape index (κ2) is 11.1. The van der Waals surface area contributed by atoms with E-state index in [4.69, 9.17) is 10.2 Å². The summed E-state index contributed by atoms with van der Waals surface area (Å²) in [7, 11) is 0. The van der Waals surface area contributed by atoms with Crippen molar-refractivity contribution in [3.63, 3.8) is 0 Å². The van der Waals surface area contributed by atoms with Crippen molar-refractivity contribution in [2.24, 2.45) is 0 Å². The normalized spacial score (nSPS) is 7.42. The summed E-state index contributed by atoms with van der Waals surface area (Å²) in [6.07, 6.45) is -1.45. The Morgan fingerprint density at radius 2 is 1.83 bits per heavy atom. The first-order chi connectivity index (χ1) is 4.66. The van der Waals surface area contributed by atoms with E-state index in [-0.39, 0.29) is 60.0 Å². The number of aliphatic hydroxyl groups excluding tert-OH is 1. The van der Waals surface area contributed by atoms with E-state index in [9.17, 15) is 9.59 Å². The van der Waals surface area contributed by atoms with Gasteiger partial charge in [0.1, 0.15) is 0 Å². The van der Waals surface area contributed by atoms with Crippen LogP contribution in [0.5, 0.6) is 0 Å². The van der Waals surface area contributed by atoms with Crippen LogP contribution in [0, 0.1) is 0 Å². The van der Waals surface area contributed by atoms with E-state index in [1.165, 1.54) is 0 Å². The molecule has 0 aliphatic rings. The summed E-state index contributed by atoms with van der Waals surface area (Å²) in [6, 6.07) is 0. The Morgan fingerprint density at radius 1 is 1.33 bits per heavy atom. The number of ether oxygens (including phenoxy) is 1. The van der Waals surface area contributed by atoms with E-state index >= 15 is 0 Å². The first-order valence-corrected chi connectivity index (χ1v) is 2.71. The van der Waals surface area contributed by atoms with Gasteiger partial charge in [0.15, 0.2) is 0 Å². The Bertz CT molecular complexity index is 146. The quantitative estimate of drug-likeness (QED) is 0.246.